The van der Waals surface area contributed by atoms with Crippen LogP contribution in [0, 0.1) is 0 Å². The molecule has 1 aromatic carbocycles. The molecule has 3 heterocycles. The van der Waals surface area contributed by atoms with Crippen LogP contribution in [0.3, 0.4) is 0 Å². The molecule has 0 bridgehead atoms. The Bertz CT molecular complexity index is 733. The van der Waals surface area contributed by atoms with Gasteiger partial charge < -0.3 is 9.80 Å². The minimum atomic E-state index is 0.792. The van der Waals surface area contributed by atoms with Gasteiger partial charge in [0.1, 0.15) is 0 Å². The lowest BCUT2D eigenvalue weighted by Gasteiger charge is -2.35. The highest BCUT2D eigenvalue weighted by molar-refractivity contribution is 5.49. The van der Waals surface area contributed by atoms with Gasteiger partial charge in [-0.05, 0) is 24.8 Å². The van der Waals surface area contributed by atoms with Crippen molar-refractivity contribution in [1.82, 2.24) is 20.1 Å². The minimum absolute atomic E-state index is 0.792. The summed E-state index contributed by atoms with van der Waals surface area (Å²) in [6.07, 6.45) is 10.0. The van der Waals surface area contributed by atoms with Crippen LogP contribution in [0.15, 0.2) is 42.6 Å². The Morgan fingerprint density at radius 1 is 0.852 bits per heavy atom. The van der Waals surface area contributed by atoms with Gasteiger partial charge in [-0.3, -0.25) is 4.90 Å². The van der Waals surface area contributed by atoms with Crippen LogP contribution in [0.1, 0.15) is 24.8 Å². The van der Waals surface area contributed by atoms with Gasteiger partial charge in [-0.15, -0.1) is 5.10 Å². The molecule has 0 spiro atoms. The van der Waals surface area contributed by atoms with Crippen LogP contribution in [-0.2, 0) is 0 Å². The average molecular weight is 364 g/mol. The Morgan fingerprint density at radius 3 is 2.41 bits per heavy atom. The SMILES string of the molecule is C(=C\c1ccccc1)/CN1CCN(c2cnnc(N3CCCCC3)n2)CC1. The van der Waals surface area contributed by atoms with Gasteiger partial charge in [0, 0.05) is 45.8 Å². The molecule has 0 amide bonds. The van der Waals surface area contributed by atoms with Crippen molar-refractivity contribution in [3.63, 3.8) is 0 Å². The second-order valence-corrected chi connectivity index (χ2v) is 7.26. The number of aromatic nitrogens is 3. The summed E-state index contributed by atoms with van der Waals surface area (Å²) >= 11 is 0. The van der Waals surface area contributed by atoms with Crippen molar-refractivity contribution in [2.75, 3.05) is 55.6 Å². The molecular weight excluding hydrogens is 336 g/mol. The van der Waals surface area contributed by atoms with Crippen molar-refractivity contribution in [2.45, 2.75) is 19.3 Å². The van der Waals surface area contributed by atoms with Crippen LogP contribution in [0.25, 0.3) is 6.08 Å². The highest BCUT2D eigenvalue weighted by atomic mass is 15.4. The average Bonchev–Trinajstić information content (AvgIpc) is 2.76. The minimum Gasteiger partial charge on any atom is -0.353 e. The molecule has 142 valence electrons. The Balaban J connectivity index is 1.29. The third kappa shape index (κ3) is 4.83. The van der Waals surface area contributed by atoms with Gasteiger partial charge in [-0.2, -0.15) is 10.1 Å². The molecular formula is C21H28N6. The van der Waals surface area contributed by atoms with E-state index in [1.54, 1.807) is 6.20 Å². The lowest BCUT2D eigenvalue weighted by Crippen LogP contribution is -2.46. The maximum absolute atomic E-state index is 4.79. The second kappa shape index (κ2) is 8.95. The summed E-state index contributed by atoms with van der Waals surface area (Å²) in [5.74, 6) is 1.76. The normalized spacial score (nSPS) is 19.0. The van der Waals surface area contributed by atoms with Gasteiger partial charge in [0.2, 0.25) is 5.95 Å². The fourth-order valence-electron chi connectivity index (χ4n) is 3.73. The van der Waals surface area contributed by atoms with Gasteiger partial charge in [0.05, 0.1) is 6.20 Å². The highest BCUT2D eigenvalue weighted by Crippen LogP contribution is 2.19. The van der Waals surface area contributed by atoms with E-state index in [-0.39, 0.29) is 0 Å². The molecule has 0 N–H and O–H groups in total. The molecule has 2 aromatic rings. The summed E-state index contributed by atoms with van der Waals surface area (Å²) in [7, 11) is 0. The lowest BCUT2D eigenvalue weighted by molar-refractivity contribution is 0.283. The summed E-state index contributed by atoms with van der Waals surface area (Å²) in [5, 5.41) is 8.48. The predicted octanol–water partition coefficient (Wildman–Crippen LogP) is 2.70. The molecule has 27 heavy (non-hydrogen) atoms. The third-order valence-corrected chi connectivity index (χ3v) is 5.34. The molecule has 2 aliphatic heterocycles. The number of nitrogens with zero attached hydrogens (tertiary/aromatic N) is 6. The molecule has 0 unspecified atom stereocenters. The molecule has 0 atom stereocenters. The Labute approximate surface area is 161 Å². The van der Waals surface area contributed by atoms with E-state index < -0.39 is 0 Å². The first-order valence-electron chi connectivity index (χ1n) is 10.0. The Kier molecular flexibility index (Phi) is 5.94. The van der Waals surface area contributed by atoms with E-state index in [0.717, 1.165) is 57.6 Å². The first-order valence-corrected chi connectivity index (χ1v) is 10.0. The summed E-state index contributed by atoms with van der Waals surface area (Å²) in [6.45, 7) is 7.14. The van der Waals surface area contributed by atoms with Crippen molar-refractivity contribution < 1.29 is 0 Å². The highest BCUT2D eigenvalue weighted by Gasteiger charge is 2.20. The summed E-state index contributed by atoms with van der Waals surface area (Å²) in [5.41, 5.74) is 1.26. The molecule has 2 saturated heterocycles. The van der Waals surface area contributed by atoms with E-state index in [2.05, 4.69) is 67.4 Å². The fourth-order valence-corrected chi connectivity index (χ4v) is 3.73. The predicted molar refractivity (Wildman–Crippen MR) is 110 cm³/mol. The van der Waals surface area contributed by atoms with E-state index in [1.807, 2.05) is 0 Å². The smallest absolute Gasteiger partial charge is 0.247 e. The number of hydrogen-bond acceptors (Lipinski definition) is 6. The van der Waals surface area contributed by atoms with Gasteiger partial charge in [0.15, 0.2) is 5.82 Å². The first kappa shape index (κ1) is 17.9. The van der Waals surface area contributed by atoms with Crippen LogP contribution >= 0.6 is 0 Å². The third-order valence-electron chi connectivity index (χ3n) is 5.34. The number of anilines is 2. The molecule has 0 aliphatic carbocycles. The molecule has 0 saturated carbocycles. The van der Waals surface area contributed by atoms with E-state index in [4.69, 9.17) is 4.98 Å². The van der Waals surface area contributed by atoms with Crippen molar-refractivity contribution in [3.05, 3.63) is 48.2 Å². The van der Waals surface area contributed by atoms with Gasteiger partial charge in [0.25, 0.3) is 0 Å². The summed E-state index contributed by atoms with van der Waals surface area (Å²) in [4.78, 5) is 11.9. The lowest BCUT2D eigenvalue weighted by atomic mass is 10.1. The van der Waals surface area contributed by atoms with Crippen molar-refractivity contribution in [3.8, 4) is 0 Å². The topological polar surface area (TPSA) is 48.4 Å². The van der Waals surface area contributed by atoms with E-state index in [0.29, 0.717) is 0 Å². The Morgan fingerprint density at radius 2 is 1.63 bits per heavy atom. The molecule has 4 rings (SSSR count). The second-order valence-electron chi connectivity index (χ2n) is 7.26. The molecule has 1 aromatic heterocycles. The number of piperidine rings is 1. The van der Waals surface area contributed by atoms with E-state index in [9.17, 15) is 0 Å². The quantitative estimate of drug-likeness (QED) is 0.813. The van der Waals surface area contributed by atoms with Gasteiger partial charge >= 0.3 is 0 Å². The van der Waals surface area contributed by atoms with Gasteiger partial charge in [-0.1, -0.05) is 42.5 Å². The monoisotopic (exact) mass is 364 g/mol. The van der Waals surface area contributed by atoms with Crippen molar-refractivity contribution in [2.24, 2.45) is 0 Å². The molecule has 6 heteroatoms. The standard InChI is InChI=1S/C21H28N6/c1-3-8-19(9-4-1)10-7-11-25-14-16-26(17-15-25)20-18-22-24-21(23-20)27-12-5-2-6-13-27/h1,3-4,7-10,18H,2,5-6,11-17H2/b10-7+. The van der Waals surface area contributed by atoms with Crippen molar-refractivity contribution >= 4 is 17.8 Å². The maximum Gasteiger partial charge on any atom is 0.247 e. The first-order chi connectivity index (χ1) is 13.4. The van der Waals surface area contributed by atoms with Crippen LogP contribution in [0.4, 0.5) is 11.8 Å². The zero-order valence-corrected chi connectivity index (χ0v) is 15.9. The number of piperazine rings is 1. The summed E-state index contributed by atoms with van der Waals surface area (Å²) in [6, 6.07) is 10.5. The van der Waals surface area contributed by atoms with E-state index >= 15 is 0 Å². The summed E-state index contributed by atoms with van der Waals surface area (Å²) < 4.78 is 0. The number of benzene rings is 1. The number of rotatable bonds is 5. The van der Waals surface area contributed by atoms with Crippen LogP contribution < -0.4 is 9.80 Å². The molecule has 0 radical (unpaired) electrons. The molecule has 2 aliphatic rings. The fraction of sp³-hybridized carbons (Fsp3) is 0.476. The molecule has 6 nitrogen and oxygen atoms in total. The largest absolute Gasteiger partial charge is 0.353 e. The zero-order valence-electron chi connectivity index (χ0n) is 15.9. The van der Waals surface area contributed by atoms with Crippen LogP contribution in [0.2, 0.25) is 0 Å². The molecule has 2 fully saturated rings. The van der Waals surface area contributed by atoms with E-state index in [1.165, 1.54) is 24.8 Å². The zero-order chi connectivity index (χ0) is 18.3. The van der Waals surface area contributed by atoms with Crippen LogP contribution in [-0.4, -0.2) is 65.9 Å². The van der Waals surface area contributed by atoms with Crippen LogP contribution in [0.5, 0.6) is 0 Å². The number of hydrogen-bond donors (Lipinski definition) is 0. The van der Waals surface area contributed by atoms with Crippen molar-refractivity contribution in [1.29, 1.82) is 0 Å². The van der Waals surface area contributed by atoms with Gasteiger partial charge in [-0.25, -0.2) is 0 Å². The Hall–Kier alpha value is -2.47. The maximum atomic E-state index is 4.79.